The van der Waals surface area contributed by atoms with E-state index in [4.69, 9.17) is 4.74 Å². The van der Waals surface area contributed by atoms with Crippen molar-refractivity contribution in [2.75, 3.05) is 0 Å². The molecule has 0 radical (unpaired) electrons. The number of esters is 1. The van der Waals surface area contributed by atoms with Crippen LogP contribution < -0.4 is 0 Å². The van der Waals surface area contributed by atoms with Gasteiger partial charge in [-0.2, -0.15) is 0 Å². The Morgan fingerprint density at radius 1 is 1.58 bits per heavy atom. The lowest BCUT2D eigenvalue weighted by Crippen LogP contribution is -2.30. The van der Waals surface area contributed by atoms with Gasteiger partial charge in [0.25, 0.3) is 0 Å². The molecule has 0 saturated heterocycles. The average Bonchev–Trinajstić information content (AvgIpc) is 1.97. The van der Waals surface area contributed by atoms with Crippen molar-refractivity contribution >= 4 is 5.97 Å². The van der Waals surface area contributed by atoms with Crippen LogP contribution in [-0.2, 0) is 9.53 Å². The predicted octanol–water partition coefficient (Wildman–Crippen LogP) is 2.54. The first kappa shape index (κ1) is 11.2. The van der Waals surface area contributed by atoms with Crippen LogP contribution in [0.2, 0.25) is 0 Å². The molecule has 0 N–H and O–H groups in total. The molecule has 0 aliphatic carbocycles. The summed E-state index contributed by atoms with van der Waals surface area (Å²) in [6, 6.07) is 0. The van der Waals surface area contributed by atoms with Crippen molar-refractivity contribution in [3.05, 3.63) is 12.7 Å². The van der Waals surface area contributed by atoms with Crippen LogP contribution in [0.15, 0.2) is 12.7 Å². The van der Waals surface area contributed by atoms with E-state index in [0.717, 1.165) is 6.42 Å². The van der Waals surface area contributed by atoms with Gasteiger partial charge in [0.2, 0.25) is 0 Å². The van der Waals surface area contributed by atoms with Gasteiger partial charge in [0, 0.05) is 6.08 Å². The lowest BCUT2D eigenvalue weighted by Gasteiger charge is -2.28. The zero-order valence-corrected chi connectivity index (χ0v) is 8.39. The van der Waals surface area contributed by atoms with Gasteiger partial charge in [0.15, 0.2) is 0 Å². The minimum absolute atomic E-state index is 0.00736. The molecule has 0 heterocycles. The summed E-state index contributed by atoms with van der Waals surface area (Å²) in [6.07, 6.45) is 2.01. The van der Waals surface area contributed by atoms with E-state index in [1.165, 1.54) is 6.08 Å². The third kappa shape index (κ3) is 3.56. The first-order valence-corrected chi connectivity index (χ1v) is 4.24. The fourth-order valence-corrected chi connectivity index (χ4v) is 1.06. The standard InChI is InChI=1S/C10H18O2/c1-6-8(10(3,4)5)12-9(11)7-2/h7-8H,2,6H2,1,3-5H3. The first-order valence-electron chi connectivity index (χ1n) is 4.24. The Balaban J connectivity index is 4.18. The van der Waals surface area contributed by atoms with E-state index in [0.29, 0.717) is 0 Å². The summed E-state index contributed by atoms with van der Waals surface area (Å²) in [5.41, 5.74) is 0.00736. The minimum Gasteiger partial charge on any atom is -0.459 e. The van der Waals surface area contributed by atoms with Crippen molar-refractivity contribution in [3.8, 4) is 0 Å². The second kappa shape index (κ2) is 4.29. The van der Waals surface area contributed by atoms with Gasteiger partial charge < -0.3 is 4.74 Å². The molecule has 0 fully saturated rings. The van der Waals surface area contributed by atoms with Crippen LogP contribution in [0.5, 0.6) is 0 Å². The maximum atomic E-state index is 10.9. The van der Waals surface area contributed by atoms with Crippen LogP contribution >= 0.6 is 0 Å². The smallest absolute Gasteiger partial charge is 0.330 e. The second-order valence-electron chi connectivity index (χ2n) is 3.90. The van der Waals surface area contributed by atoms with Crippen molar-refractivity contribution in [1.29, 1.82) is 0 Å². The van der Waals surface area contributed by atoms with Crippen molar-refractivity contribution < 1.29 is 9.53 Å². The number of carbonyl (C=O) groups excluding carboxylic acids is 1. The molecule has 2 heteroatoms. The van der Waals surface area contributed by atoms with E-state index in [1.807, 2.05) is 6.92 Å². The van der Waals surface area contributed by atoms with Crippen LogP contribution in [0.3, 0.4) is 0 Å². The number of hydrogen-bond acceptors (Lipinski definition) is 2. The lowest BCUT2D eigenvalue weighted by molar-refractivity contribution is -0.148. The molecule has 0 spiro atoms. The molecule has 0 rings (SSSR count). The van der Waals surface area contributed by atoms with Gasteiger partial charge in [-0.25, -0.2) is 4.79 Å². The van der Waals surface area contributed by atoms with Crippen molar-refractivity contribution in [1.82, 2.24) is 0 Å². The fraction of sp³-hybridized carbons (Fsp3) is 0.700. The number of carbonyl (C=O) groups is 1. The Kier molecular flexibility index (Phi) is 4.01. The molecule has 0 amide bonds. The molecule has 0 aromatic carbocycles. The average molecular weight is 170 g/mol. The largest absolute Gasteiger partial charge is 0.459 e. The summed E-state index contributed by atoms with van der Waals surface area (Å²) in [7, 11) is 0. The highest BCUT2D eigenvalue weighted by Crippen LogP contribution is 2.24. The Hall–Kier alpha value is -0.790. The Morgan fingerprint density at radius 2 is 2.08 bits per heavy atom. The molecular weight excluding hydrogens is 152 g/mol. The molecule has 70 valence electrons. The molecule has 1 unspecified atom stereocenters. The molecule has 0 aliphatic rings. The van der Waals surface area contributed by atoms with Gasteiger partial charge in [0.1, 0.15) is 6.10 Å². The van der Waals surface area contributed by atoms with Crippen LogP contribution in [0.1, 0.15) is 34.1 Å². The highest BCUT2D eigenvalue weighted by Gasteiger charge is 2.25. The third-order valence-electron chi connectivity index (χ3n) is 1.76. The Labute approximate surface area is 74.6 Å². The van der Waals surface area contributed by atoms with Gasteiger partial charge in [-0.05, 0) is 11.8 Å². The van der Waals surface area contributed by atoms with E-state index >= 15 is 0 Å². The van der Waals surface area contributed by atoms with E-state index in [2.05, 4.69) is 27.4 Å². The van der Waals surface area contributed by atoms with E-state index in [-0.39, 0.29) is 17.5 Å². The molecule has 12 heavy (non-hydrogen) atoms. The van der Waals surface area contributed by atoms with Gasteiger partial charge in [0.05, 0.1) is 0 Å². The highest BCUT2D eigenvalue weighted by atomic mass is 16.5. The number of hydrogen-bond donors (Lipinski definition) is 0. The SMILES string of the molecule is C=CC(=O)OC(CC)C(C)(C)C. The fourth-order valence-electron chi connectivity index (χ4n) is 1.06. The molecule has 2 nitrogen and oxygen atoms in total. The van der Waals surface area contributed by atoms with E-state index in [1.54, 1.807) is 0 Å². The monoisotopic (exact) mass is 170 g/mol. The number of ether oxygens (including phenoxy) is 1. The van der Waals surface area contributed by atoms with Crippen LogP contribution in [0.25, 0.3) is 0 Å². The quantitative estimate of drug-likeness (QED) is 0.480. The summed E-state index contributed by atoms with van der Waals surface area (Å²) in [5.74, 6) is -0.336. The van der Waals surface area contributed by atoms with Crippen LogP contribution in [-0.4, -0.2) is 12.1 Å². The molecule has 0 aromatic rings. The van der Waals surface area contributed by atoms with Crippen molar-refractivity contribution in [2.45, 2.75) is 40.2 Å². The normalized spacial score (nSPS) is 13.7. The maximum absolute atomic E-state index is 10.9. The molecular formula is C10H18O2. The highest BCUT2D eigenvalue weighted by molar-refractivity contribution is 5.81. The summed E-state index contributed by atoms with van der Waals surface area (Å²) >= 11 is 0. The van der Waals surface area contributed by atoms with Crippen molar-refractivity contribution in [3.63, 3.8) is 0 Å². The van der Waals surface area contributed by atoms with Gasteiger partial charge in [-0.15, -0.1) is 0 Å². The topological polar surface area (TPSA) is 26.3 Å². The zero-order valence-electron chi connectivity index (χ0n) is 8.39. The molecule has 1 atom stereocenters. The molecule has 0 bridgehead atoms. The van der Waals surface area contributed by atoms with E-state index in [9.17, 15) is 4.79 Å². The van der Waals surface area contributed by atoms with Crippen molar-refractivity contribution in [2.24, 2.45) is 5.41 Å². The Morgan fingerprint density at radius 3 is 2.33 bits per heavy atom. The van der Waals surface area contributed by atoms with Gasteiger partial charge >= 0.3 is 5.97 Å². The minimum atomic E-state index is -0.336. The van der Waals surface area contributed by atoms with E-state index < -0.39 is 0 Å². The summed E-state index contributed by atoms with van der Waals surface area (Å²) in [5, 5.41) is 0. The van der Waals surface area contributed by atoms with Gasteiger partial charge in [-0.1, -0.05) is 34.3 Å². The first-order chi connectivity index (χ1) is 5.41. The summed E-state index contributed by atoms with van der Waals surface area (Å²) in [6.45, 7) is 11.5. The second-order valence-corrected chi connectivity index (χ2v) is 3.90. The molecule has 0 aliphatic heterocycles. The lowest BCUT2D eigenvalue weighted by atomic mass is 9.87. The van der Waals surface area contributed by atoms with Gasteiger partial charge in [-0.3, -0.25) is 0 Å². The van der Waals surface area contributed by atoms with Crippen LogP contribution in [0.4, 0.5) is 0 Å². The third-order valence-corrected chi connectivity index (χ3v) is 1.76. The maximum Gasteiger partial charge on any atom is 0.330 e. The Bertz CT molecular complexity index is 165. The molecule has 0 saturated carbocycles. The molecule has 0 aromatic heterocycles. The number of rotatable bonds is 3. The predicted molar refractivity (Wildman–Crippen MR) is 49.8 cm³/mol. The summed E-state index contributed by atoms with van der Waals surface area (Å²) in [4.78, 5) is 10.9. The van der Waals surface area contributed by atoms with Crippen LogP contribution in [0, 0.1) is 5.41 Å². The summed E-state index contributed by atoms with van der Waals surface area (Å²) < 4.78 is 5.16. The zero-order chi connectivity index (χ0) is 9.78.